The maximum Gasteiger partial charge on any atom is 0.410 e. The zero-order valence-corrected chi connectivity index (χ0v) is 17.6. The molecule has 0 unspecified atom stereocenters. The van der Waals surface area contributed by atoms with Gasteiger partial charge in [-0.3, -0.25) is 4.90 Å². The lowest BCUT2D eigenvalue weighted by atomic mass is 10.1. The molecule has 0 N–H and O–H groups in total. The van der Waals surface area contributed by atoms with Crippen LogP contribution in [-0.2, 0) is 11.2 Å². The van der Waals surface area contributed by atoms with Crippen LogP contribution >= 0.6 is 0 Å². The standard InChI is InChI=1S/C21H29FN4O3/c1-15-7-8-16(14-17(15)22)19-23-18(29-24-19)6-5-9-25-10-12-26(13-11-25)20(27)28-21(2,3)4/h7-8,14H,5-6,9-13H2,1-4H3. The van der Waals surface area contributed by atoms with Gasteiger partial charge in [0.05, 0.1) is 0 Å². The Hall–Kier alpha value is -2.48. The molecular formula is C21H29FN4O3. The number of piperazine rings is 1. The number of nitrogens with zero attached hydrogens (tertiary/aromatic N) is 4. The monoisotopic (exact) mass is 404 g/mol. The van der Waals surface area contributed by atoms with E-state index in [2.05, 4.69) is 15.0 Å². The number of benzene rings is 1. The van der Waals surface area contributed by atoms with Crippen molar-refractivity contribution >= 4 is 6.09 Å². The van der Waals surface area contributed by atoms with Crippen molar-refractivity contribution < 1.29 is 18.4 Å². The van der Waals surface area contributed by atoms with Gasteiger partial charge in [0, 0.05) is 38.2 Å². The van der Waals surface area contributed by atoms with Crippen LogP contribution in [0.4, 0.5) is 9.18 Å². The molecule has 0 aliphatic carbocycles. The maximum absolute atomic E-state index is 13.7. The zero-order chi connectivity index (χ0) is 21.0. The quantitative estimate of drug-likeness (QED) is 0.757. The van der Waals surface area contributed by atoms with Crippen molar-refractivity contribution in [3.8, 4) is 11.4 Å². The lowest BCUT2D eigenvalue weighted by Gasteiger charge is -2.35. The molecule has 29 heavy (non-hydrogen) atoms. The molecule has 2 heterocycles. The highest BCUT2D eigenvalue weighted by Crippen LogP contribution is 2.19. The number of carbonyl (C=O) groups excluding carboxylic acids is 1. The van der Waals surface area contributed by atoms with Gasteiger partial charge in [0.1, 0.15) is 11.4 Å². The van der Waals surface area contributed by atoms with Crippen LogP contribution < -0.4 is 0 Å². The molecule has 158 valence electrons. The van der Waals surface area contributed by atoms with Crippen molar-refractivity contribution in [3.63, 3.8) is 0 Å². The normalized spacial score (nSPS) is 15.6. The fourth-order valence-corrected chi connectivity index (χ4v) is 3.14. The molecule has 0 bridgehead atoms. The third-order valence-electron chi connectivity index (χ3n) is 4.79. The van der Waals surface area contributed by atoms with Crippen molar-refractivity contribution in [2.24, 2.45) is 0 Å². The first kappa shape index (κ1) is 21.2. The summed E-state index contributed by atoms with van der Waals surface area (Å²) in [6, 6.07) is 4.92. The van der Waals surface area contributed by atoms with E-state index in [0.717, 1.165) is 26.1 Å². The van der Waals surface area contributed by atoms with E-state index in [0.29, 0.717) is 42.4 Å². The van der Waals surface area contributed by atoms with Gasteiger partial charge >= 0.3 is 6.09 Å². The Balaban J connectivity index is 1.42. The smallest absolute Gasteiger partial charge is 0.410 e. The highest BCUT2D eigenvalue weighted by molar-refractivity contribution is 5.68. The summed E-state index contributed by atoms with van der Waals surface area (Å²) >= 11 is 0. The van der Waals surface area contributed by atoms with Crippen LogP contribution in [0.1, 0.15) is 38.6 Å². The fraction of sp³-hybridized carbons (Fsp3) is 0.571. The Bertz CT molecular complexity index is 839. The fourth-order valence-electron chi connectivity index (χ4n) is 3.14. The van der Waals surface area contributed by atoms with Crippen molar-refractivity contribution in [1.29, 1.82) is 0 Å². The molecule has 1 aromatic heterocycles. The molecule has 7 nitrogen and oxygen atoms in total. The van der Waals surface area contributed by atoms with Gasteiger partial charge in [-0.25, -0.2) is 9.18 Å². The molecular weight excluding hydrogens is 375 g/mol. The number of rotatable bonds is 5. The number of ether oxygens (including phenoxy) is 1. The summed E-state index contributed by atoms with van der Waals surface area (Å²) in [5, 5.41) is 3.96. The first-order valence-corrected chi connectivity index (χ1v) is 10.0. The van der Waals surface area contributed by atoms with E-state index in [1.165, 1.54) is 6.07 Å². The Morgan fingerprint density at radius 3 is 2.62 bits per heavy atom. The van der Waals surface area contributed by atoms with Crippen LogP contribution in [0.5, 0.6) is 0 Å². The number of aryl methyl sites for hydroxylation is 2. The molecule has 1 fully saturated rings. The van der Waals surface area contributed by atoms with Crippen molar-refractivity contribution in [1.82, 2.24) is 19.9 Å². The van der Waals surface area contributed by atoms with Crippen LogP contribution in [0.25, 0.3) is 11.4 Å². The van der Waals surface area contributed by atoms with E-state index in [1.807, 2.05) is 20.8 Å². The molecule has 0 spiro atoms. The third kappa shape index (κ3) is 6.00. The number of carbonyl (C=O) groups is 1. The third-order valence-corrected chi connectivity index (χ3v) is 4.79. The van der Waals surface area contributed by atoms with Crippen molar-refractivity contribution in [2.45, 2.75) is 46.1 Å². The minimum Gasteiger partial charge on any atom is -0.444 e. The van der Waals surface area contributed by atoms with Gasteiger partial charge in [0.15, 0.2) is 0 Å². The minimum absolute atomic E-state index is 0.247. The average molecular weight is 404 g/mol. The van der Waals surface area contributed by atoms with Crippen LogP contribution in [0.2, 0.25) is 0 Å². The molecule has 1 saturated heterocycles. The van der Waals surface area contributed by atoms with E-state index in [1.54, 1.807) is 24.0 Å². The van der Waals surface area contributed by atoms with Gasteiger partial charge in [-0.05, 0) is 52.3 Å². The van der Waals surface area contributed by atoms with Gasteiger partial charge in [0.2, 0.25) is 11.7 Å². The molecule has 1 aromatic carbocycles. The molecule has 0 atom stereocenters. The SMILES string of the molecule is Cc1ccc(-c2noc(CCCN3CCN(C(=O)OC(C)(C)C)CC3)n2)cc1F. The number of hydrogen-bond acceptors (Lipinski definition) is 6. The van der Waals surface area contributed by atoms with Gasteiger partial charge in [-0.1, -0.05) is 17.3 Å². The van der Waals surface area contributed by atoms with Crippen molar-refractivity contribution in [2.75, 3.05) is 32.7 Å². The van der Waals surface area contributed by atoms with E-state index < -0.39 is 5.60 Å². The van der Waals surface area contributed by atoms with Crippen LogP contribution in [-0.4, -0.2) is 64.4 Å². The Kier molecular flexibility index (Phi) is 6.52. The second-order valence-electron chi connectivity index (χ2n) is 8.39. The zero-order valence-electron chi connectivity index (χ0n) is 17.6. The van der Waals surface area contributed by atoms with Crippen LogP contribution in [0, 0.1) is 12.7 Å². The number of hydrogen-bond donors (Lipinski definition) is 0. The molecule has 8 heteroatoms. The largest absolute Gasteiger partial charge is 0.444 e. The Morgan fingerprint density at radius 1 is 1.24 bits per heavy atom. The van der Waals surface area contributed by atoms with Gasteiger partial charge in [-0.2, -0.15) is 4.98 Å². The molecule has 3 rings (SSSR count). The first-order valence-electron chi connectivity index (χ1n) is 10.0. The average Bonchev–Trinajstić information content (AvgIpc) is 3.12. The number of amides is 1. The van der Waals surface area contributed by atoms with E-state index in [4.69, 9.17) is 9.26 Å². The topological polar surface area (TPSA) is 71.7 Å². The predicted octanol–water partition coefficient (Wildman–Crippen LogP) is 3.67. The summed E-state index contributed by atoms with van der Waals surface area (Å²) in [5.41, 5.74) is 0.729. The lowest BCUT2D eigenvalue weighted by molar-refractivity contribution is 0.0144. The highest BCUT2D eigenvalue weighted by atomic mass is 19.1. The molecule has 1 aliphatic rings. The predicted molar refractivity (Wildman–Crippen MR) is 107 cm³/mol. The Labute approximate surface area is 170 Å². The van der Waals surface area contributed by atoms with Gasteiger partial charge in [-0.15, -0.1) is 0 Å². The molecule has 1 amide bonds. The van der Waals surface area contributed by atoms with E-state index in [9.17, 15) is 9.18 Å². The second kappa shape index (κ2) is 8.90. The van der Waals surface area contributed by atoms with Crippen LogP contribution in [0.3, 0.4) is 0 Å². The summed E-state index contributed by atoms with van der Waals surface area (Å²) in [6.07, 6.45) is 1.28. The lowest BCUT2D eigenvalue weighted by Crippen LogP contribution is -2.50. The molecule has 1 aliphatic heterocycles. The van der Waals surface area contributed by atoms with Gasteiger partial charge in [0.25, 0.3) is 0 Å². The highest BCUT2D eigenvalue weighted by Gasteiger charge is 2.25. The first-order chi connectivity index (χ1) is 13.7. The molecule has 0 radical (unpaired) electrons. The summed E-state index contributed by atoms with van der Waals surface area (Å²) < 4.78 is 24.4. The summed E-state index contributed by atoms with van der Waals surface area (Å²) in [6.45, 7) is 11.2. The summed E-state index contributed by atoms with van der Waals surface area (Å²) in [7, 11) is 0. The number of halogens is 1. The summed E-state index contributed by atoms with van der Waals surface area (Å²) in [4.78, 5) is 20.6. The number of aromatic nitrogens is 2. The molecule has 0 saturated carbocycles. The van der Waals surface area contributed by atoms with Crippen LogP contribution in [0.15, 0.2) is 22.7 Å². The molecule has 2 aromatic rings. The van der Waals surface area contributed by atoms with E-state index in [-0.39, 0.29) is 11.9 Å². The second-order valence-corrected chi connectivity index (χ2v) is 8.39. The Morgan fingerprint density at radius 2 is 1.97 bits per heavy atom. The van der Waals surface area contributed by atoms with Crippen molar-refractivity contribution in [3.05, 3.63) is 35.5 Å². The minimum atomic E-state index is -0.471. The van der Waals surface area contributed by atoms with Gasteiger partial charge < -0.3 is 14.2 Å². The van der Waals surface area contributed by atoms with E-state index >= 15 is 0 Å². The maximum atomic E-state index is 13.7. The summed E-state index contributed by atoms with van der Waals surface area (Å²) in [5.74, 6) is 0.678.